The summed E-state index contributed by atoms with van der Waals surface area (Å²) in [6, 6.07) is 4.66. The highest BCUT2D eigenvalue weighted by atomic mass is 16.5. The van der Waals surface area contributed by atoms with Crippen molar-refractivity contribution in [2.75, 3.05) is 12.8 Å². The molecule has 0 unspecified atom stereocenters. The van der Waals surface area contributed by atoms with Crippen molar-refractivity contribution in [3.05, 3.63) is 23.1 Å². The molecule has 4 heteroatoms. The van der Waals surface area contributed by atoms with E-state index in [1.54, 1.807) is 12.1 Å². The van der Waals surface area contributed by atoms with Crippen LogP contribution in [0.2, 0.25) is 0 Å². The van der Waals surface area contributed by atoms with E-state index in [1.807, 2.05) is 0 Å². The number of anilines is 1. The molecule has 58 valence electrons. The lowest BCUT2D eigenvalue weighted by Crippen LogP contribution is -1.87. The normalized spacial score (nSPS) is 9.18. The van der Waals surface area contributed by atoms with E-state index in [1.165, 1.54) is 13.2 Å². The molecule has 0 aliphatic heterocycles. The van der Waals surface area contributed by atoms with E-state index in [2.05, 4.69) is 5.18 Å². The molecule has 11 heavy (non-hydrogen) atoms. The van der Waals surface area contributed by atoms with Crippen molar-refractivity contribution in [2.24, 2.45) is 5.18 Å². The Morgan fingerprint density at radius 1 is 1.55 bits per heavy atom. The van der Waals surface area contributed by atoms with Gasteiger partial charge >= 0.3 is 0 Å². The summed E-state index contributed by atoms with van der Waals surface area (Å²) in [7, 11) is 1.46. The molecule has 4 nitrogen and oxygen atoms in total. The Bertz CT molecular complexity index is 273. The van der Waals surface area contributed by atoms with Crippen molar-refractivity contribution in [3.63, 3.8) is 0 Å². The standard InChI is InChI=1S/C7H8N2O2/c1-11-7-4-5(8)2-3-6(7)9-10/h2-4H,8H2,1H3. The van der Waals surface area contributed by atoms with Gasteiger partial charge in [-0.05, 0) is 17.3 Å². The highest BCUT2D eigenvalue weighted by Crippen LogP contribution is 2.28. The smallest absolute Gasteiger partial charge is 0.150 e. The zero-order valence-electron chi connectivity index (χ0n) is 6.07. The zero-order chi connectivity index (χ0) is 8.27. The van der Waals surface area contributed by atoms with Crippen LogP contribution in [0.3, 0.4) is 0 Å². The van der Waals surface area contributed by atoms with Crippen molar-refractivity contribution >= 4 is 11.4 Å². The van der Waals surface area contributed by atoms with Gasteiger partial charge in [-0.15, -0.1) is 4.91 Å². The van der Waals surface area contributed by atoms with Crippen LogP contribution in [-0.4, -0.2) is 7.11 Å². The number of rotatable bonds is 2. The molecule has 0 aliphatic carbocycles. The van der Waals surface area contributed by atoms with E-state index in [0.29, 0.717) is 11.4 Å². The van der Waals surface area contributed by atoms with Crippen LogP contribution < -0.4 is 10.5 Å². The van der Waals surface area contributed by atoms with Crippen LogP contribution in [-0.2, 0) is 0 Å². The van der Waals surface area contributed by atoms with Gasteiger partial charge in [0.05, 0.1) is 7.11 Å². The van der Waals surface area contributed by atoms with Gasteiger partial charge in [0.15, 0.2) is 0 Å². The summed E-state index contributed by atoms with van der Waals surface area (Å²) >= 11 is 0. The quantitative estimate of drug-likeness (QED) is 0.517. The zero-order valence-corrected chi connectivity index (χ0v) is 6.07. The van der Waals surface area contributed by atoms with Crippen molar-refractivity contribution in [1.29, 1.82) is 0 Å². The van der Waals surface area contributed by atoms with Gasteiger partial charge in [-0.2, -0.15) is 0 Å². The van der Waals surface area contributed by atoms with Gasteiger partial charge in [-0.25, -0.2) is 0 Å². The Labute approximate surface area is 63.9 Å². The molecule has 0 aromatic heterocycles. The second-order valence-corrected chi connectivity index (χ2v) is 2.02. The predicted octanol–water partition coefficient (Wildman–Crippen LogP) is 1.68. The summed E-state index contributed by atoms with van der Waals surface area (Å²) in [5.41, 5.74) is 6.25. The summed E-state index contributed by atoms with van der Waals surface area (Å²) in [5, 5.41) is 2.75. The van der Waals surface area contributed by atoms with Gasteiger partial charge in [0.2, 0.25) is 0 Å². The van der Waals surface area contributed by atoms with Crippen molar-refractivity contribution in [2.45, 2.75) is 0 Å². The third-order valence-electron chi connectivity index (χ3n) is 1.30. The summed E-state index contributed by atoms with van der Waals surface area (Å²) in [4.78, 5) is 10.1. The van der Waals surface area contributed by atoms with Crippen LogP contribution in [0.4, 0.5) is 11.4 Å². The monoisotopic (exact) mass is 152 g/mol. The molecule has 0 radical (unpaired) electrons. The van der Waals surface area contributed by atoms with Gasteiger partial charge in [-0.3, -0.25) is 0 Å². The summed E-state index contributed by atoms with van der Waals surface area (Å²) in [6.45, 7) is 0. The summed E-state index contributed by atoms with van der Waals surface area (Å²) in [6.07, 6.45) is 0. The number of nitrogens with zero attached hydrogens (tertiary/aromatic N) is 1. The SMILES string of the molecule is COc1cc(N)ccc1N=O. The molecule has 0 spiro atoms. The molecule has 0 saturated heterocycles. The Balaban J connectivity index is 3.16. The summed E-state index contributed by atoms with van der Waals surface area (Å²) in [5.74, 6) is 0.403. The molecule has 0 aliphatic rings. The van der Waals surface area contributed by atoms with Gasteiger partial charge < -0.3 is 10.5 Å². The number of hydrogen-bond donors (Lipinski definition) is 1. The van der Waals surface area contributed by atoms with E-state index >= 15 is 0 Å². The van der Waals surface area contributed by atoms with Gasteiger partial charge in [-0.1, -0.05) is 0 Å². The molecule has 0 saturated carbocycles. The molecule has 2 N–H and O–H groups in total. The molecule has 0 heterocycles. The number of nitrogen functional groups attached to an aromatic ring is 1. The first-order valence-electron chi connectivity index (χ1n) is 3.05. The number of methoxy groups -OCH3 is 1. The third-order valence-corrected chi connectivity index (χ3v) is 1.30. The molecule has 1 rings (SSSR count). The first-order chi connectivity index (χ1) is 5.27. The molecular formula is C7H8N2O2. The maximum absolute atomic E-state index is 10.1. The average Bonchev–Trinajstić information content (AvgIpc) is 2.04. The number of benzene rings is 1. The lowest BCUT2D eigenvalue weighted by molar-refractivity contribution is 0.416. The van der Waals surface area contributed by atoms with Gasteiger partial charge in [0, 0.05) is 11.8 Å². The fourth-order valence-electron chi connectivity index (χ4n) is 0.770. The second kappa shape index (κ2) is 3.01. The third kappa shape index (κ3) is 1.46. The van der Waals surface area contributed by atoms with E-state index in [9.17, 15) is 4.91 Å². The molecule has 1 aromatic carbocycles. The maximum atomic E-state index is 10.1. The van der Waals surface area contributed by atoms with Crippen LogP contribution in [0.25, 0.3) is 0 Å². The summed E-state index contributed by atoms with van der Waals surface area (Å²) < 4.78 is 4.84. The Morgan fingerprint density at radius 2 is 2.27 bits per heavy atom. The molecule has 0 bridgehead atoms. The first kappa shape index (κ1) is 7.53. The number of hydrogen-bond acceptors (Lipinski definition) is 4. The van der Waals surface area contributed by atoms with E-state index in [0.717, 1.165) is 0 Å². The van der Waals surface area contributed by atoms with Crippen LogP contribution in [0.5, 0.6) is 5.75 Å². The molecule has 0 fully saturated rings. The Morgan fingerprint density at radius 3 is 2.82 bits per heavy atom. The number of ether oxygens (including phenoxy) is 1. The minimum atomic E-state index is 0.265. The largest absolute Gasteiger partial charge is 0.494 e. The minimum absolute atomic E-state index is 0.265. The lowest BCUT2D eigenvalue weighted by atomic mass is 10.2. The second-order valence-electron chi connectivity index (χ2n) is 2.02. The minimum Gasteiger partial charge on any atom is -0.494 e. The highest BCUT2D eigenvalue weighted by Gasteiger charge is 2.01. The Kier molecular flexibility index (Phi) is 2.06. The van der Waals surface area contributed by atoms with Crippen molar-refractivity contribution < 1.29 is 4.74 Å². The first-order valence-corrected chi connectivity index (χ1v) is 3.05. The topological polar surface area (TPSA) is 64.7 Å². The van der Waals surface area contributed by atoms with Crippen LogP contribution in [0.15, 0.2) is 23.4 Å². The predicted molar refractivity (Wildman–Crippen MR) is 42.9 cm³/mol. The lowest BCUT2D eigenvalue weighted by Gasteiger charge is -2.01. The fraction of sp³-hybridized carbons (Fsp3) is 0.143. The number of nitrogens with two attached hydrogens (primary N) is 1. The van der Waals surface area contributed by atoms with Crippen molar-refractivity contribution in [3.8, 4) is 5.75 Å². The van der Waals surface area contributed by atoms with Gasteiger partial charge in [0.25, 0.3) is 0 Å². The Hall–Kier alpha value is -1.58. The van der Waals surface area contributed by atoms with Crippen molar-refractivity contribution in [1.82, 2.24) is 0 Å². The van der Waals surface area contributed by atoms with E-state index in [4.69, 9.17) is 10.5 Å². The molecule has 0 atom stereocenters. The molecule has 1 aromatic rings. The van der Waals surface area contributed by atoms with Crippen LogP contribution >= 0.6 is 0 Å². The fourth-order valence-corrected chi connectivity index (χ4v) is 0.770. The molecular weight excluding hydrogens is 144 g/mol. The maximum Gasteiger partial charge on any atom is 0.150 e. The van der Waals surface area contributed by atoms with E-state index < -0.39 is 0 Å². The highest BCUT2D eigenvalue weighted by molar-refractivity contribution is 5.58. The van der Waals surface area contributed by atoms with Crippen LogP contribution in [0, 0.1) is 4.91 Å². The van der Waals surface area contributed by atoms with Gasteiger partial charge in [0.1, 0.15) is 11.4 Å². The average molecular weight is 152 g/mol. The van der Waals surface area contributed by atoms with Crippen LogP contribution in [0.1, 0.15) is 0 Å². The number of nitroso groups, excluding NO2 is 1. The molecule has 0 amide bonds. The van der Waals surface area contributed by atoms with E-state index in [-0.39, 0.29) is 5.69 Å².